The lowest BCUT2D eigenvalue weighted by atomic mass is 10.0. The van der Waals surface area contributed by atoms with Crippen LogP contribution in [0.2, 0.25) is 0 Å². The minimum absolute atomic E-state index is 0.0971. The van der Waals surface area contributed by atoms with Gasteiger partial charge in [0.1, 0.15) is 5.82 Å². The highest BCUT2D eigenvalue weighted by atomic mass is 19.4. The molecule has 0 spiro atoms. The van der Waals surface area contributed by atoms with Crippen molar-refractivity contribution in [2.75, 3.05) is 23.7 Å². The maximum atomic E-state index is 12.8. The van der Waals surface area contributed by atoms with Crippen LogP contribution in [0.25, 0.3) is 11.3 Å². The van der Waals surface area contributed by atoms with Crippen LogP contribution in [-0.2, 0) is 12.7 Å². The summed E-state index contributed by atoms with van der Waals surface area (Å²) in [5.74, 6) is 0.568. The molecule has 3 aromatic rings. The molecule has 6 nitrogen and oxygen atoms in total. The number of H-pyrrole nitrogens is 1. The van der Waals surface area contributed by atoms with Crippen molar-refractivity contribution in [1.82, 2.24) is 20.1 Å². The van der Waals surface area contributed by atoms with Gasteiger partial charge in [-0.3, -0.25) is 10.00 Å². The van der Waals surface area contributed by atoms with E-state index in [1.54, 1.807) is 0 Å². The third-order valence-electron chi connectivity index (χ3n) is 5.63. The number of aromatic amines is 1. The highest BCUT2D eigenvalue weighted by Gasteiger charge is 2.33. The topological polar surface area (TPSA) is 74.1 Å². The van der Waals surface area contributed by atoms with Crippen LogP contribution >= 0.6 is 0 Å². The van der Waals surface area contributed by atoms with E-state index in [4.69, 9.17) is 5.73 Å². The van der Waals surface area contributed by atoms with Crippen molar-refractivity contribution in [2.45, 2.75) is 38.7 Å². The summed E-state index contributed by atoms with van der Waals surface area (Å²) in [7, 11) is 0. The number of hydrogen-bond acceptors (Lipinski definition) is 5. The minimum Gasteiger partial charge on any atom is -0.399 e. The number of hydrogen-bond donors (Lipinski definition) is 2. The van der Waals surface area contributed by atoms with Gasteiger partial charge in [0.05, 0.1) is 11.3 Å². The van der Waals surface area contributed by atoms with E-state index >= 15 is 0 Å². The highest BCUT2D eigenvalue weighted by Crippen LogP contribution is 2.31. The van der Waals surface area contributed by atoms with Crippen LogP contribution in [0.15, 0.2) is 48.8 Å². The molecule has 164 valence electrons. The third kappa shape index (κ3) is 4.51. The number of benzene rings is 1. The number of rotatable bonds is 4. The van der Waals surface area contributed by atoms with Gasteiger partial charge in [-0.05, 0) is 38.1 Å². The number of aromatic nitrogens is 3. The number of nitrogens with zero attached hydrogens (tertiary/aromatic N) is 4. The maximum Gasteiger partial charge on any atom is 0.417 e. The average Bonchev–Trinajstić information content (AvgIpc) is 3.16. The molecular weight excluding hydrogens is 405 g/mol. The van der Waals surface area contributed by atoms with Crippen molar-refractivity contribution < 1.29 is 13.2 Å². The summed E-state index contributed by atoms with van der Waals surface area (Å²) in [5, 5.41) is 7.36. The van der Waals surface area contributed by atoms with E-state index in [2.05, 4.69) is 38.8 Å². The summed E-state index contributed by atoms with van der Waals surface area (Å²) in [4.78, 5) is 8.52. The third-order valence-corrected chi connectivity index (χ3v) is 5.63. The molecule has 3 heterocycles. The number of halogens is 3. The summed E-state index contributed by atoms with van der Waals surface area (Å²) in [5.41, 5.74) is 8.74. The zero-order valence-corrected chi connectivity index (χ0v) is 17.4. The van der Waals surface area contributed by atoms with E-state index in [0.717, 1.165) is 48.7 Å². The van der Waals surface area contributed by atoms with Crippen molar-refractivity contribution in [3.63, 3.8) is 0 Å². The fourth-order valence-corrected chi connectivity index (χ4v) is 4.29. The fourth-order valence-electron chi connectivity index (χ4n) is 4.29. The largest absolute Gasteiger partial charge is 0.417 e. The molecule has 0 saturated carbocycles. The molecule has 9 heteroatoms. The van der Waals surface area contributed by atoms with E-state index in [1.165, 1.54) is 6.07 Å². The van der Waals surface area contributed by atoms with Crippen molar-refractivity contribution in [3.05, 3.63) is 59.9 Å². The quantitative estimate of drug-likeness (QED) is 0.608. The smallest absolute Gasteiger partial charge is 0.399 e. The van der Waals surface area contributed by atoms with Crippen LogP contribution in [-0.4, -0.2) is 45.3 Å². The van der Waals surface area contributed by atoms with Gasteiger partial charge in [0.25, 0.3) is 0 Å². The molecule has 31 heavy (non-hydrogen) atoms. The molecule has 0 radical (unpaired) electrons. The lowest BCUT2D eigenvalue weighted by molar-refractivity contribution is -0.137. The van der Waals surface area contributed by atoms with Crippen molar-refractivity contribution in [3.8, 4) is 11.3 Å². The molecule has 0 aliphatic carbocycles. The van der Waals surface area contributed by atoms with Crippen LogP contribution in [0.5, 0.6) is 0 Å². The van der Waals surface area contributed by atoms with Gasteiger partial charge in [0.2, 0.25) is 0 Å². The van der Waals surface area contributed by atoms with Crippen LogP contribution < -0.4 is 10.6 Å². The first-order valence-corrected chi connectivity index (χ1v) is 10.1. The maximum absolute atomic E-state index is 12.8. The van der Waals surface area contributed by atoms with Gasteiger partial charge in [0, 0.05) is 60.9 Å². The molecule has 4 rings (SSSR count). The molecule has 1 aromatic carbocycles. The second kappa shape index (κ2) is 8.22. The molecule has 2 atom stereocenters. The number of nitrogen functional groups attached to an aromatic ring is 1. The lowest BCUT2D eigenvalue weighted by Crippen LogP contribution is -2.56. The Morgan fingerprint density at radius 1 is 1.06 bits per heavy atom. The molecule has 2 unspecified atom stereocenters. The van der Waals surface area contributed by atoms with Crippen molar-refractivity contribution in [1.29, 1.82) is 0 Å². The Morgan fingerprint density at radius 3 is 2.32 bits per heavy atom. The molecule has 1 saturated heterocycles. The first-order chi connectivity index (χ1) is 14.7. The Bertz CT molecular complexity index is 1000. The first kappa shape index (κ1) is 21.2. The normalized spacial score (nSPS) is 20.2. The van der Waals surface area contributed by atoms with Gasteiger partial charge in [-0.1, -0.05) is 12.1 Å². The minimum atomic E-state index is -4.38. The second-order valence-corrected chi connectivity index (χ2v) is 8.08. The van der Waals surface area contributed by atoms with E-state index in [1.807, 2.05) is 30.5 Å². The zero-order valence-electron chi connectivity index (χ0n) is 17.4. The first-order valence-electron chi connectivity index (χ1n) is 10.1. The van der Waals surface area contributed by atoms with Gasteiger partial charge < -0.3 is 10.6 Å². The van der Waals surface area contributed by atoms with Crippen molar-refractivity contribution in [2.24, 2.45) is 0 Å². The Kier molecular flexibility index (Phi) is 5.62. The number of alkyl halides is 3. The number of nitrogens with two attached hydrogens (primary N) is 1. The highest BCUT2D eigenvalue weighted by molar-refractivity contribution is 5.64. The predicted molar refractivity (Wildman–Crippen MR) is 114 cm³/mol. The summed E-state index contributed by atoms with van der Waals surface area (Å²) >= 11 is 0. The molecule has 1 fully saturated rings. The van der Waals surface area contributed by atoms with Crippen LogP contribution in [0.4, 0.5) is 24.7 Å². The number of pyridine rings is 1. The molecule has 0 bridgehead atoms. The van der Waals surface area contributed by atoms with Gasteiger partial charge >= 0.3 is 6.18 Å². The van der Waals surface area contributed by atoms with Gasteiger partial charge in [0.15, 0.2) is 0 Å². The Morgan fingerprint density at radius 2 is 1.74 bits per heavy atom. The summed E-state index contributed by atoms with van der Waals surface area (Å²) in [6, 6.07) is 10.4. The van der Waals surface area contributed by atoms with Gasteiger partial charge in [-0.2, -0.15) is 18.3 Å². The number of piperazine rings is 1. The van der Waals surface area contributed by atoms with Crippen molar-refractivity contribution >= 4 is 11.5 Å². The number of anilines is 2. The zero-order chi connectivity index (χ0) is 22.2. The fraction of sp³-hybridized carbons (Fsp3) is 0.364. The van der Waals surface area contributed by atoms with Gasteiger partial charge in [-0.15, -0.1) is 0 Å². The van der Waals surface area contributed by atoms with Crippen LogP contribution in [0.1, 0.15) is 25.0 Å². The molecule has 3 N–H and O–H groups in total. The average molecular weight is 430 g/mol. The molecule has 0 amide bonds. The van der Waals surface area contributed by atoms with E-state index < -0.39 is 11.7 Å². The molecule has 1 aliphatic rings. The summed E-state index contributed by atoms with van der Waals surface area (Å²) < 4.78 is 38.5. The molecule has 2 aromatic heterocycles. The SMILES string of the molecule is CC1CN(Cc2c[nH]nc2-c2ccc(N)cc2)CC(C)N1c1ccc(C(F)(F)F)cn1. The van der Waals surface area contributed by atoms with E-state index in [0.29, 0.717) is 11.5 Å². The number of nitrogens with one attached hydrogen (secondary N) is 1. The standard InChI is InChI=1S/C22H25F3N6/c1-14-11-30(13-17-9-28-29-21(17)16-3-6-19(26)7-4-16)12-15(2)31(14)20-8-5-18(10-27-20)22(23,24)25/h3-10,14-15H,11-13,26H2,1-2H3,(H,28,29). The Hall–Kier alpha value is -3.07. The Labute approximate surface area is 178 Å². The lowest BCUT2D eigenvalue weighted by Gasteiger charge is -2.45. The van der Waals surface area contributed by atoms with Crippen LogP contribution in [0.3, 0.4) is 0 Å². The van der Waals surface area contributed by atoms with E-state index in [9.17, 15) is 13.2 Å². The van der Waals surface area contributed by atoms with Crippen LogP contribution in [0, 0.1) is 0 Å². The van der Waals surface area contributed by atoms with Gasteiger partial charge in [-0.25, -0.2) is 4.98 Å². The second-order valence-electron chi connectivity index (χ2n) is 8.08. The summed E-state index contributed by atoms with van der Waals surface area (Å²) in [6.45, 7) is 6.38. The predicted octanol–water partition coefficient (Wildman–Crippen LogP) is 4.17. The molecule has 1 aliphatic heterocycles. The molecular formula is C22H25F3N6. The Balaban J connectivity index is 1.47. The monoisotopic (exact) mass is 430 g/mol. The van der Waals surface area contributed by atoms with E-state index in [-0.39, 0.29) is 12.1 Å². The summed E-state index contributed by atoms with van der Waals surface area (Å²) in [6.07, 6.45) is -1.56.